The Morgan fingerprint density at radius 3 is 2.43 bits per heavy atom. The van der Waals surface area contributed by atoms with Crippen molar-refractivity contribution >= 4 is 21.7 Å². The van der Waals surface area contributed by atoms with Crippen molar-refractivity contribution in [3.8, 4) is 0 Å². The number of amidine groups is 1. The minimum atomic E-state index is -3.64. The van der Waals surface area contributed by atoms with Crippen molar-refractivity contribution in [1.82, 2.24) is 14.9 Å². The Kier molecular flexibility index (Phi) is 3.90. The fourth-order valence-electron chi connectivity index (χ4n) is 3.75. The average molecular weight is 401 g/mol. The summed E-state index contributed by atoms with van der Waals surface area (Å²) in [5, 5.41) is 0. The molecule has 2 fully saturated rings. The SMILES string of the molecule is Cc1nc(C2CC2)nc(N2CCN(C3=NS(=O)(=O)c4ccccc43)CC2)c1F. The standard InChI is InChI=1S/C19H20FN5O2S/c1-12-16(20)19(22-17(21-12)13-6-7-13)25-10-8-24(9-11-25)18-14-4-2-3-5-15(14)28(26,27)23-18/h2-5,13H,6-11H2,1H3. The quantitative estimate of drug-likeness (QED) is 0.767. The maximum absolute atomic E-state index is 14.7. The number of fused-ring (bicyclic) bond motifs is 1. The Morgan fingerprint density at radius 1 is 1.04 bits per heavy atom. The smallest absolute Gasteiger partial charge is 0.285 e. The van der Waals surface area contributed by atoms with E-state index in [0.29, 0.717) is 55.0 Å². The van der Waals surface area contributed by atoms with Gasteiger partial charge in [0.05, 0.1) is 5.69 Å². The molecular formula is C19H20FN5O2S. The summed E-state index contributed by atoms with van der Waals surface area (Å²) in [7, 11) is -3.64. The minimum Gasteiger partial charge on any atom is -0.352 e. The molecule has 3 heterocycles. The summed E-state index contributed by atoms with van der Waals surface area (Å²) >= 11 is 0. The minimum absolute atomic E-state index is 0.249. The monoisotopic (exact) mass is 401 g/mol. The molecule has 2 aliphatic heterocycles. The van der Waals surface area contributed by atoms with E-state index in [0.717, 1.165) is 18.7 Å². The molecule has 28 heavy (non-hydrogen) atoms. The van der Waals surface area contributed by atoms with E-state index in [2.05, 4.69) is 14.4 Å². The number of benzene rings is 1. The Bertz CT molecular complexity index is 1090. The average Bonchev–Trinajstić information content (AvgIpc) is 3.50. The van der Waals surface area contributed by atoms with Crippen LogP contribution in [0.3, 0.4) is 0 Å². The first-order valence-electron chi connectivity index (χ1n) is 9.42. The summed E-state index contributed by atoms with van der Waals surface area (Å²) in [5.41, 5.74) is 1.02. The van der Waals surface area contributed by atoms with Crippen LogP contribution in [-0.4, -0.2) is 55.3 Å². The lowest BCUT2D eigenvalue weighted by Crippen LogP contribution is -2.49. The molecule has 2 aromatic rings. The molecule has 5 rings (SSSR count). The predicted molar refractivity (Wildman–Crippen MR) is 103 cm³/mol. The van der Waals surface area contributed by atoms with Crippen molar-refractivity contribution in [2.24, 2.45) is 4.40 Å². The van der Waals surface area contributed by atoms with Crippen LogP contribution in [0.5, 0.6) is 0 Å². The second-order valence-electron chi connectivity index (χ2n) is 7.44. The van der Waals surface area contributed by atoms with Gasteiger partial charge in [-0.05, 0) is 31.9 Å². The van der Waals surface area contributed by atoms with Gasteiger partial charge in [0.15, 0.2) is 17.5 Å². The number of piperazine rings is 1. The number of nitrogens with zero attached hydrogens (tertiary/aromatic N) is 5. The molecule has 146 valence electrons. The van der Waals surface area contributed by atoms with E-state index in [1.807, 2.05) is 15.9 Å². The van der Waals surface area contributed by atoms with E-state index in [-0.39, 0.29) is 10.7 Å². The second kappa shape index (κ2) is 6.23. The van der Waals surface area contributed by atoms with E-state index in [9.17, 15) is 12.8 Å². The van der Waals surface area contributed by atoms with Crippen molar-refractivity contribution in [3.05, 3.63) is 47.2 Å². The van der Waals surface area contributed by atoms with Gasteiger partial charge in [-0.3, -0.25) is 0 Å². The van der Waals surface area contributed by atoms with Gasteiger partial charge in [-0.25, -0.2) is 14.4 Å². The molecule has 1 aromatic heterocycles. The van der Waals surface area contributed by atoms with Gasteiger partial charge >= 0.3 is 0 Å². The van der Waals surface area contributed by atoms with Gasteiger partial charge < -0.3 is 9.80 Å². The van der Waals surface area contributed by atoms with Crippen LogP contribution in [0.1, 0.15) is 35.8 Å². The van der Waals surface area contributed by atoms with Crippen LogP contribution in [0.25, 0.3) is 0 Å². The number of aromatic nitrogens is 2. The molecule has 3 aliphatic rings. The second-order valence-corrected chi connectivity index (χ2v) is 9.01. The zero-order valence-electron chi connectivity index (χ0n) is 15.5. The molecule has 0 radical (unpaired) electrons. The lowest BCUT2D eigenvalue weighted by atomic mass is 10.1. The molecule has 0 atom stereocenters. The highest BCUT2D eigenvalue weighted by Crippen LogP contribution is 2.39. The lowest BCUT2D eigenvalue weighted by molar-refractivity contribution is 0.382. The maximum atomic E-state index is 14.7. The summed E-state index contributed by atoms with van der Waals surface area (Å²) < 4.78 is 43.2. The lowest BCUT2D eigenvalue weighted by Gasteiger charge is -2.36. The molecule has 1 saturated carbocycles. The van der Waals surface area contributed by atoms with Crippen LogP contribution < -0.4 is 4.90 Å². The third-order valence-electron chi connectivity index (χ3n) is 5.45. The number of halogens is 1. The molecule has 0 unspecified atom stereocenters. The predicted octanol–water partition coefficient (Wildman–Crippen LogP) is 2.07. The third kappa shape index (κ3) is 2.85. The van der Waals surface area contributed by atoms with Crippen molar-refractivity contribution in [1.29, 1.82) is 0 Å². The number of hydrogen-bond donors (Lipinski definition) is 0. The van der Waals surface area contributed by atoms with Crippen LogP contribution >= 0.6 is 0 Å². The molecule has 1 aromatic carbocycles. The van der Waals surface area contributed by atoms with Gasteiger partial charge in [-0.15, -0.1) is 4.40 Å². The molecule has 0 spiro atoms. The van der Waals surface area contributed by atoms with E-state index >= 15 is 0 Å². The number of aryl methyl sites for hydroxylation is 1. The Balaban J connectivity index is 1.38. The molecular weight excluding hydrogens is 381 g/mol. The Morgan fingerprint density at radius 2 is 1.71 bits per heavy atom. The van der Waals surface area contributed by atoms with E-state index in [1.165, 1.54) is 0 Å². The molecule has 0 N–H and O–H groups in total. The summed E-state index contributed by atoms with van der Waals surface area (Å²) in [6.07, 6.45) is 2.12. The molecule has 9 heteroatoms. The molecule has 0 bridgehead atoms. The van der Waals surface area contributed by atoms with E-state index in [4.69, 9.17) is 0 Å². The summed E-state index contributed by atoms with van der Waals surface area (Å²) in [6, 6.07) is 6.87. The normalized spacial score (nSPS) is 20.9. The maximum Gasteiger partial charge on any atom is 0.285 e. The van der Waals surface area contributed by atoms with Crippen LogP contribution in [0.2, 0.25) is 0 Å². The number of sulfonamides is 1. The first-order chi connectivity index (χ1) is 13.4. The highest BCUT2D eigenvalue weighted by Gasteiger charge is 2.34. The van der Waals surface area contributed by atoms with Crippen LogP contribution in [0, 0.1) is 12.7 Å². The molecule has 7 nitrogen and oxygen atoms in total. The van der Waals surface area contributed by atoms with Crippen molar-refractivity contribution in [3.63, 3.8) is 0 Å². The van der Waals surface area contributed by atoms with Gasteiger partial charge in [0, 0.05) is 37.7 Å². The fraction of sp³-hybridized carbons (Fsp3) is 0.421. The first kappa shape index (κ1) is 17.5. The van der Waals surface area contributed by atoms with E-state index < -0.39 is 10.0 Å². The van der Waals surface area contributed by atoms with Gasteiger partial charge in [0.25, 0.3) is 10.0 Å². The molecule has 1 saturated heterocycles. The van der Waals surface area contributed by atoms with E-state index in [1.54, 1.807) is 25.1 Å². The first-order valence-corrected chi connectivity index (χ1v) is 10.9. The largest absolute Gasteiger partial charge is 0.352 e. The van der Waals surface area contributed by atoms with Crippen molar-refractivity contribution in [2.45, 2.75) is 30.6 Å². The van der Waals surface area contributed by atoms with Gasteiger partial charge in [0.1, 0.15) is 10.7 Å². The van der Waals surface area contributed by atoms with Gasteiger partial charge in [-0.2, -0.15) is 8.42 Å². The number of rotatable bonds is 2. The zero-order valence-corrected chi connectivity index (χ0v) is 16.3. The Hall–Kier alpha value is -2.55. The highest BCUT2D eigenvalue weighted by molar-refractivity contribution is 7.90. The summed E-state index contributed by atoms with van der Waals surface area (Å²) in [4.78, 5) is 12.9. The molecule has 0 amide bonds. The zero-order chi connectivity index (χ0) is 19.5. The summed E-state index contributed by atoms with van der Waals surface area (Å²) in [6.45, 7) is 3.85. The topological polar surface area (TPSA) is 78.8 Å². The van der Waals surface area contributed by atoms with Crippen LogP contribution in [0.4, 0.5) is 10.2 Å². The Labute approximate surface area is 163 Å². The number of anilines is 1. The highest BCUT2D eigenvalue weighted by atomic mass is 32.2. The van der Waals surface area contributed by atoms with Crippen LogP contribution in [0.15, 0.2) is 33.6 Å². The van der Waals surface area contributed by atoms with Crippen LogP contribution in [-0.2, 0) is 10.0 Å². The fourth-order valence-corrected chi connectivity index (χ4v) is 4.97. The van der Waals surface area contributed by atoms with Gasteiger partial charge in [0.2, 0.25) is 0 Å². The van der Waals surface area contributed by atoms with Crippen molar-refractivity contribution in [2.75, 3.05) is 31.1 Å². The number of hydrogen-bond acceptors (Lipinski definition) is 6. The summed E-state index contributed by atoms with van der Waals surface area (Å²) in [5.74, 6) is 1.55. The molecule has 1 aliphatic carbocycles. The van der Waals surface area contributed by atoms with Crippen molar-refractivity contribution < 1.29 is 12.8 Å². The van der Waals surface area contributed by atoms with Gasteiger partial charge in [-0.1, -0.05) is 12.1 Å². The third-order valence-corrected chi connectivity index (χ3v) is 6.78.